The van der Waals surface area contributed by atoms with Gasteiger partial charge in [0.1, 0.15) is 5.75 Å². The van der Waals surface area contributed by atoms with Crippen LogP contribution in [0.4, 0.5) is 5.69 Å². The lowest BCUT2D eigenvalue weighted by molar-refractivity contribution is -0.119. The van der Waals surface area contributed by atoms with E-state index >= 15 is 0 Å². The molecule has 0 aromatic heterocycles. The predicted molar refractivity (Wildman–Crippen MR) is 72.4 cm³/mol. The molecule has 1 aromatic rings. The monoisotopic (exact) mass is 300 g/mol. The molecule has 1 amide bonds. The van der Waals surface area contributed by atoms with Crippen molar-refractivity contribution < 1.29 is 9.53 Å². The van der Waals surface area contributed by atoms with Crippen LogP contribution in [0.15, 0.2) is 22.7 Å². The van der Waals surface area contributed by atoms with Crippen LogP contribution in [-0.2, 0) is 4.79 Å². The average Bonchev–Trinajstić information content (AvgIpc) is 2.29. The molecule has 2 N–H and O–H groups in total. The molecule has 0 saturated heterocycles. The van der Waals surface area contributed by atoms with Crippen LogP contribution in [0.5, 0.6) is 5.75 Å². The number of anilines is 1. The van der Waals surface area contributed by atoms with Gasteiger partial charge in [0.15, 0.2) is 0 Å². The van der Waals surface area contributed by atoms with E-state index in [1.165, 1.54) is 0 Å². The van der Waals surface area contributed by atoms with E-state index in [1.54, 1.807) is 7.11 Å². The molecule has 0 aliphatic carbocycles. The van der Waals surface area contributed by atoms with Crippen LogP contribution in [0.25, 0.3) is 0 Å². The number of carbonyl (C=O) groups excluding carboxylic acids is 1. The Kier molecular flexibility index (Phi) is 5.44. The Morgan fingerprint density at radius 3 is 2.82 bits per heavy atom. The zero-order valence-electron chi connectivity index (χ0n) is 10.2. The lowest BCUT2D eigenvalue weighted by Gasteiger charge is -2.14. The van der Waals surface area contributed by atoms with Gasteiger partial charge in [-0.3, -0.25) is 4.79 Å². The van der Waals surface area contributed by atoms with E-state index in [-0.39, 0.29) is 11.8 Å². The van der Waals surface area contributed by atoms with Crippen LogP contribution in [0, 0.1) is 5.92 Å². The highest BCUT2D eigenvalue weighted by Crippen LogP contribution is 2.28. The Balaban J connectivity index is 2.79. The number of nitrogens with one attached hydrogen (secondary N) is 2. The van der Waals surface area contributed by atoms with Gasteiger partial charge in [0.25, 0.3) is 0 Å². The fourth-order valence-electron chi connectivity index (χ4n) is 1.43. The number of amides is 1. The molecule has 5 heteroatoms. The maximum Gasteiger partial charge on any atom is 0.228 e. The predicted octanol–water partition coefficient (Wildman–Crippen LogP) is 2.25. The molecule has 4 nitrogen and oxygen atoms in total. The molecule has 1 aromatic carbocycles. The quantitative estimate of drug-likeness (QED) is 0.877. The van der Waals surface area contributed by atoms with Crippen molar-refractivity contribution in [3.8, 4) is 5.75 Å². The second-order valence-corrected chi connectivity index (χ2v) is 4.71. The second-order valence-electron chi connectivity index (χ2n) is 3.79. The van der Waals surface area contributed by atoms with Crippen LogP contribution >= 0.6 is 15.9 Å². The van der Waals surface area contributed by atoms with Gasteiger partial charge in [-0.1, -0.05) is 22.9 Å². The summed E-state index contributed by atoms with van der Waals surface area (Å²) >= 11 is 3.36. The number of hydrogen-bond donors (Lipinski definition) is 2. The Bertz CT molecular complexity index is 396. The Morgan fingerprint density at radius 1 is 1.53 bits per heavy atom. The number of halogens is 1. The molecule has 0 radical (unpaired) electrons. The first-order chi connectivity index (χ1) is 8.08. The summed E-state index contributed by atoms with van der Waals surface area (Å²) < 4.78 is 6.09. The third-order valence-corrected chi connectivity index (χ3v) is 2.87. The van der Waals surface area contributed by atoms with Gasteiger partial charge in [-0.2, -0.15) is 0 Å². The third kappa shape index (κ3) is 4.02. The molecular formula is C12H17BrN2O2. The fourth-order valence-corrected chi connectivity index (χ4v) is 1.79. The molecule has 17 heavy (non-hydrogen) atoms. The van der Waals surface area contributed by atoms with E-state index in [4.69, 9.17) is 4.74 Å². The molecule has 0 fully saturated rings. The molecule has 0 saturated carbocycles. The minimum absolute atomic E-state index is 0.0317. The lowest BCUT2D eigenvalue weighted by Crippen LogP contribution is -2.28. The standard InChI is InChI=1S/C12H17BrN2O2/c1-8(7-14-2)12(16)15-10-6-9(13)4-5-11(10)17-3/h4-6,8,14H,7H2,1-3H3,(H,15,16). The average molecular weight is 301 g/mol. The van der Waals surface area contributed by atoms with Gasteiger partial charge in [-0.15, -0.1) is 0 Å². The Hall–Kier alpha value is -1.07. The molecule has 94 valence electrons. The van der Waals surface area contributed by atoms with Crippen molar-refractivity contribution in [2.45, 2.75) is 6.92 Å². The third-order valence-electron chi connectivity index (χ3n) is 2.38. The number of benzene rings is 1. The van der Waals surface area contributed by atoms with E-state index in [0.717, 1.165) is 4.47 Å². The molecule has 1 atom stereocenters. The molecular weight excluding hydrogens is 284 g/mol. The molecule has 1 unspecified atom stereocenters. The summed E-state index contributed by atoms with van der Waals surface area (Å²) in [6, 6.07) is 5.50. The van der Waals surface area contributed by atoms with Gasteiger partial charge in [0.05, 0.1) is 12.8 Å². The zero-order valence-corrected chi connectivity index (χ0v) is 11.8. The van der Waals surface area contributed by atoms with E-state index < -0.39 is 0 Å². The highest BCUT2D eigenvalue weighted by atomic mass is 79.9. The van der Waals surface area contributed by atoms with Gasteiger partial charge >= 0.3 is 0 Å². The maximum atomic E-state index is 11.9. The topological polar surface area (TPSA) is 50.4 Å². The summed E-state index contributed by atoms with van der Waals surface area (Å²) in [5.41, 5.74) is 0.676. The normalized spacial score (nSPS) is 12.0. The minimum atomic E-state index is -0.0938. The highest BCUT2D eigenvalue weighted by molar-refractivity contribution is 9.10. The zero-order chi connectivity index (χ0) is 12.8. The number of rotatable bonds is 5. The van der Waals surface area contributed by atoms with Crippen LogP contribution in [0.2, 0.25) is 0 Å². The number of hydrogen-bond acceptors (Lipinski definition) is 3. The van der Waals surface area contributed by atoms with Crippen molar-refractivity contribution in [1.82, 2.24) is 5.32 Å². The van der Waals surface area contributed by atoms with Crippen LogP contribution < -0.4 is 15.4 Å². The number of carbonyl (C=O) groups is 1. The first-order valence-corrected chi connectivity index (χ1v) is 6.16. The van der Waals surface area contributed by atoms with Gasteiger partial charge in [0.2, 0.25) is 5.91 Å². The second kappa shape index (κ2) is 6.61. The van der Waals surface area contributed by atoms with Gasteiger partial charge in [0, 0.05) is 16.9 Å². The van der Waals surface area contributed by atoms with E-state index in [0.29, 0.717) is 18.0 Å². The largest absolute Gasteiger partial charge is 0.495 e. The maximum absolute atomic E-state index is 11.9. The van der Waals surface area contributed by atoms with Crippen molar-refractivity contribution in [2.24, 2.45) is 5.92 Å². The first-order valence-electron chi connectivity index (χ1n) is 5.37. The summed E-state index contributed by atoms with van der Waals surface area (Å²) in [6.45, 7) is 2.51. The SMILES string of the molecule is CNCC(C)C(=O)Nc1cc(Br)ccc1OC. The molecule has 1 rings (SSSR count). The number of methoxy groups -OCH3 is 1. The van der Waals surface area contributed by atoms with Gasteiger partial charge in [-0.25, -0.2) is 0 Å². The smallest absolute Gasteiger partial charge is 0.228 e. The summed E-state index contributed by atoms with van der Waals surface area (Å²) in [7, 11) is 3.40. The van der Waals surface area contributed by atoms with E-state index in [2.05, 4.69) is 26.6 Å². The van der Waals surface area contributed by atoms with E-state index in [1.807, 2.05) is 32.2 Å². The molecule has 0 aliphatic rings. The summed E-state index contributed by atoms with van der Waals surface area (Å²) in [6.07, 6.45) is 0. The summed E-state index contributed by atoms with van der Waals surface area (Å²) in [5, 5.41) is 5.83. The lowest BCUT2D eigenvalue weighted by atomic mass is 10.1. The number of ether oxygens (including phenoxy) is 1. The highest BCUT2D eigenvalue weighted by Gasteiger charge is 2.14. The van der Waals surface area contributed by atoms with Crippen molar-refractivity contribution in [3.05, 3.63) is 22.7 Å². The molecule has 0 heterocycles. The van der Waals surface area contributed by atoms with Crippen molar-refractivity contribution >= 4 is 27.5 Å². The first kappa shape index (κ1) is 14.0. The van der Waals surface area contributed by atoms with E-state index in [9.17, 15) is 4.79 Å². The molecule has 0 bridgehead atoms. The van der Waals surface area contributed by atoms with Crippen molar-refractivity contribution in [2.75, 3.05) is 26.0 Å². The van der Waals surface area contributed by atoms with Gasteiger partial charge < -0.3 is 15.4 Å². The molecule has 0 aliphatic heterocycles. The van der Waals surface area contributed by atoms with Crippen LogP contribution in [-0.4, -0.2) is 26.6 Å². The molecule has 0 spiro atoms. The van der Waals surface area contributed by atoms with Crippen molar-refractivity contribution in [3.63, 3.8) is 0 Å². The minimum Gasteiger partial charge on any atom is -0.495 e. The Morgan fingerprint density at radius 2 is 2.24 bits per heavy atom. The van der Waals surface area contributed by atoms with Crippen LogP contribution in [0.3, 0.4) is 0 Å². The fraction of sp³-hybridized carbons (Fsp3) is 0.417. The van der Waals surface area contributed by atoms with Crippen LogP contribution in [0.1, 0.15) is 6.92 Å². The van der Waals surface area contributed by atoms with Crippen molar-refractivity contribution in [1.29, 1.82) is 0 Å². The Labute approximate surface area is 110 Å². The summed E-state index contributed by atoms with van der Waals surface area (Å²) in [4.78, 5) is 11.9. The van der Waals surface area contributed by atoms with Gasteiger partial charge in [-0.05, 0) is 25.2 Å². The summed E-state index contributed by atoms with van der Waals surface area (Å²) in [5.74, 6) is 0.526.